The van der Waals surface area contributed by atoms with Crippen LogP contribution in [-0.4, -0.2) is 21.1 Å². The van der Waals surface area contributed by atoms with Crippen LogP contribution in [0.25, 0.3) is 11.0 Å². The minimum atomic E-state index is -4.75. The average Bonchev–Trinajstić information content (AvgIpc) is 3.01. The molecule has 0 fully saturated rings. The number of esters is 1. The number of hydrogen-bond donors (Lipinski definition) is 0. The number of carbonyl (C=O) groups excluding carboxylic acids is 1. The molecule has 3 aromatic rings. The van der Waals surface area contributed by atoms with Gasteiger partial charge in [-0.05, 0) is 29.8 Å². The van der Waals surface area contributed by atoms with E-state index in [0.29, 0.717) is 22.3 Å². The molecule has 0 amide bonds. The van der Waals surface area contributed by atoms with Crippen LogP contribution in [0.4, 0.5) is 13.2 Å². The van der Waals surface area contributed by atoms with E-state index >= 15 is 0 Å². The van der Waals surface area contributed by atoms with Gasteiger partial charge in [0.05, 0.1) is 18.1 Å². The summed E-state index contributed by atoms with van der Waals surface area (Å²) in [5, 5.41) is 0. The van der Waals surface area contributed by atoms with Crippen molar-refractivity contribution in [3.63, 3.8) is 0 Å². The van der Waals surface area contributed by atoms with Crippen LogP contribution in [0.3, 0.4) is 0 Å². The molecule has 0 saturated carbocycles. The van der Waals surface area contributed by atoms with Crippen molar-refractivity contribution in [2.24, 2.45) is 0 Å². The monoisotopic (exact) mass is 366 g/mol. The van der Waals surface area contributed by atoms with E-state index in [1.54, 1.807) is 12.1 Å². The molecule has 4 rings (SSSR count). The molecule has 25 heavy (non-hydrogen) atoms. The summed E-state index contributed by atoms with van der Waals surface area (Å²) in [6.07, 6.45) is -4.68. The van der Waals surface area contributed by atoms with Gasteiger partial charge in [0.25, 0.3) is 0 Å². The van der Waals surface area contributed by atoms with Gasteiger partial charge in [-0.2, -0.15) is 8.75 Å². The lowest BCUT2D eigenvalue weighted by Crippen LogP contribution is -2.21. The number of alkyl halides is 3. The maximum atomic E-state index is 12.3. The third kappa shape index (κ3) is 3.02. The summed E-state index contributed by atoms with van der Waals surface area (Å²) in [5.41, 5.74) is 2.71. The van der Waals surface area contributed by atoms with Crippen molar-refractivity contribution in [3.8, 4) is 11.5 Å². The summed E-state index contributed by atoms with van der Waals surface area (Å²) in [6, 6.07) is 8.83. The highest BCUT2D eigenvalue weighted by molar-refractivity contribution is 7.00. The molecule has 1 unspecified atom stereocenters. The predicted octanol–water partition coefficient (Wildman–Crippen LogP) is 4.03. The quantitative estimate of drug-likeness (QED) is 0.506. The first kappa shape index (κ1) is 15.8. The summed E-state index contributed by atoms with van der Waals surface area (Å²) < 4.78 is 54.5. The first-order chi connectivity index (χ1) is 11.9. The van der Waals surface area contributed by atoms with Gasteiger partial charge in [0.2, 0.25) is 0 Å². The Morgan fingerprint density at radius 3 is 2.60 bits per heavy atom. The normalized spacial score (nSPS) is 17.2. The Bertz CT molecular complexity index is 953. The Balaban J connectivity index is 1.76. The van der Waals surface area contributed by atoms with E-state index in [4.69, 9.17) is 4.74 Å². The zero-order chi connectivity index (χ0) is 17.6. The second-order valence-electron chi connectivity index (χ2n) is 5.46. The molecule has 0 bridgehead atoms. The number of fused-ring (bicyclic) bond motifs is 3. The smallest absolute Gasteiger partial charge is 0.426 e. The lowest BCUT2D eigenvalue weighted by atomic mass is 9.85. The summed E-state index contributed by atoms with van der Waals surface area (Å²) in [6.45, 7) is 0. The number of hydrogen-bond acceptors (Lipinski definition) is 6. The lowest BCUT2D eigenvalue weighted by Gasteiger charge is -2.25. The molecule has 1 atom stereocenters. The van der Waals surface area contributed by atoms with E-state index in [1.165, 1.54) is 24.3 Å². The molecule has 2 aromatic carbocycles. The van der Waals surface area contributed by atoms with Crippen molar-refractivity contribution in [1.29, 1.82) is 0 Å². The lowest BCUT2D eigenvalue weighted by molar-refractivity contribution is -0.274. The molecule has 0 aliphatic carbocycles. The molecule has 0 spiro atoms. The fourth-order valence-corrected chi connectivity index (χ4v) is 3.45. The van der Waals surface area contributed by atoms with Crippen molar-refractivity contribution in [2.45, 2.75) is 18.7 Å². The molecule has 5 nitrogen and oxygen atoms in total. The fourth-order valence-electron chi connectivity index (χ4n) is 2.90. The maximum Gasteiger partial charge on any atom is 0.573 e. The van der Waals surface area contributed by atoms with Gasteiger partial charge in [-0.25, -0.2) is 0 Å². The van der Waals surface area contributed by atoms with Gasteiger partial charge in [-0.1, -0.05) is 12.1 Å². The second-order valence-corrected chi connectivity index (χ2v) is 5.99. The standard InChI is InChI=1S/C16H9F3N2O3S/c17-16(18,19)24-9-3-1-8(2-4-9)10-7-13(22)23-12-6-5-11-15(14(10)12)21-25-20-11/h1-6,10H,7H2. The molecule has 128 valence electrons. The van der Waals surface area contributed by atoms with Crippen molar-refractivity contribution < 1.29 is 27.4 Å². The molecular formula is C16H9F3N2O3S. The van der Waals surface area contributed by atoms with Crippen molar-refractivity contribution in [3.05, 3.63) is 47.5 Å². The molecule has 0 N–H and O–H groups in total. The Morgan fingerprint density at radius 2 is 1.88 bits per heavy atom. The highest BCUT2D eigenvalue weighted by Crippen LogP contribution is 2.42. The average molecular weight is 366 g/mol. The van der Waals surface area contributed by atoms with Gasteiger partial charge < -0.3 is 9.47 Å². The summed E-state index contributed by atoms with van der Waals surface area (Å²) in [4.78, 5) is 11.9. The zero-order valence-electron chi connectivity index (χ0n) is 12.4. The van der Waals surface area contributed by atoms with E-state index in [-0.39, 0.29) is 18.1 Å². The van der Waals surface area contributed by atoms with Crippen molar-refractivity contribution in [2.75, 3.05) is 0 Å². The Morgan fingerprint density at radius 1 is 1.12 bits per heavy atom. The van der Waals surface area contributed by atoms with E-state index in [1.807, 2.05) is 0 Å². The van der Waals surface area contributed by atoms with Crippen LogP contribution in [-0.2, 0) is 4.79 Å². The van der Waals surface area contributed by atoms with E-state index in [2.05, 4.69) is 13.5 Å². The first-order valence-electron chi connectivity index (χ1n) is 7.22. The molecular weight excluding hydrogens is 357 g/mol. The first-order valence-corrected chi connectivity index (χ1v) is 7.95. The Kier molecular flexibility index (Phi) is 3.60. The third-order valence-corrected chi connectivity index (χ3v) is 4.43. The summed E-state index contributed by atoms with van der Waals surface area (Å²) in [5.74, 6) is -0.695. The van der Waals surface area contributed by atoms with Crippen LogP contribution in [0.5, 0.6) is 11.5 Å². The van der Waals surface area contributed by atoms with Crippen molar-refractivity contribution >= 4 is 28.7 Å². The van der Waals surface area contributed by atoms with Crippen LogP contribution in [0.1, 0.15) is 23.5 Å². The SMILES string of the molecule is O=C1CC(c2ccc(OC(F)(F)F)cc2)c2c(ccc3nsnc23)O1. The van der Waals surface area contributed by atoms with Gasteiger partial charge in [0.1, 0.15) is 22.5 Å². The minimum Gasteiger partial charge on any atom is -0.426 e. The molecule has 1 aliphatic heterocycles. The molecule has 1 aliphatic rings. The van der Waals surface area contributed by atoms with E-state index in [0.717, 1.165) is 17.3 Å². The van der Waals surface area contributed by atoms with Gasteiger partial charge in [-0.15, -0.1) is 13.2 Å². The summed E-state index contributed by atoms with van der Waals surface area (Å²) >= 11 is 1.05. The number of rotatable bonds is 2. The largest absolute Gasteiger partial charge is 0.573 e. The fraction of sp³-hybridized carbons (Fsp3) is 0.188. The van der Waals surface area contributed by atoms with Crippen LogP contribution < -0.4 is 9.47 Å². The molecule has 9 heteroatoms. The zero-order valence-corrected chi connectivity index (χ0v) is 13.2. The highest BCUT2D eigenvalue weighted by Gasteiger charge is 2.33. The number of benzene rings is 2. The van der Waals surface area contributed by atoms with Crippen LogP contribution in [0.2, 0.25) is 0 Å². The molecule has 0 saturated heterocycles. The number of ether oxygens (including phenoxy) is 2. The van der Waals surface area contributed by atoms with Gasteiger partial charge in [-0.3, -0.25) is 4.79 Å². The number of halogens is 3. The Labute approximate surface area is 143 Å². The predicted molar refractivity (Wildman–Crippen MR) is 82.6 cm³/mol. The molecule has 2 heterocycles. The number of carbonyl (C=O) groups is 1. The molecule has 0 radical (unpaired) electrons. The van der Waals surface area contributed by atoms with Crippen LogP contribution in [0.15, 0.2) is 36.4 Å². The van der Waals surface area contributed by atoms with E-state index in [9.17, 15) is 18.0 Å². The van der Waals surface area contributed by atoms with Crippen LogP contribution >= 0.6 is 11.7 Å². The van der Waals surface area contributed by atoms with E-state index < -0.39 is 12.3 Å². The maximum absolute atomic E-state index is 12.3. The number of nitrogens with zero attached hydrogens (tertiary/aromatic N) is 2. The molecule has 1 aromatic heterocycles. The second kappa shape index (κ2) is 5.69. The van der Waals surface area contributed by atoms with Gasteiger partial charge in [0, 0.05) is 11.5 Å². The Hall–Kier alpha value is -2.68. The highest BCUT2D eigenvalue weighted by atomic mass is 32.1. The number of aromatic nitrogens is 2. The van der Waals surface area contributed by atoms with Crippen LogP contribution in [0, 0.1) is 0 Å². The van der Waals surface area contributed by atoms with Gasteiger partial charge >= 0.3 is 12.3 Å². The topological polar surface area (TPSA) is 61.3 Å². The van der Waals surface area contributed by atoms with Gasteiger partial charge in [0.15, 0.2) is 0 Å². The van der Waals surface area contributed by atoms with Crippen molar-refractivity contribution in [1.82, 2.24) is 8.75 Å². The minimum absolute atomic E-state index is 0.0725. The summed E-state index contributed by atoms with van der Waals surface area (Å²) in [7, 11) is 0. The third-order valence-electron chi connectivity index (χ3n) is 3.89.